The summed E-state index contributed by atoms with van der Waals surface area (Å²) in [4.78, 5) is 8.33. The highest BCUT2D eigenvalue weighted by molar-refractivity contribution is 5.21. The molecule has 1 aromatic carbocycles. The maximum absolute atomic E-state index is 13.6. The van der Waals surface area contributed by atoms with E-state index in [4.69, 9.17) is 0 Å². The summed E-state index contributed by atoms with van der Waals surface area (Å²) in [5.41, 5.74) is 2.06. The fraction of sp³-hybridized carbons (Fsp3) is 0.286. The zero-order valence-electron chi connectivity index (χ0n) is 10.8. The van der Waals surface area contributed by atoms with Gasteiger partial charge in [0.05, 0.1) is 11.4 Å². The van der Waals surface area contributed by atoms with Crippen molar-refractivity contribution in [2.24, 2.45) is 0 Å². The van der Waals surface area contributed by atoms with Gasteiger partial charge in [0.1, 0.15) is 11.6 Å². The number of rotatable bonds is 4. The van der Waals surface area contributed by atoms with Crippen LogP contribution in [0.1, 0.15) is 29.9 Å². The first-order valence-electron chi connectivity index (χ1n) is 6.02. The van der Waals surface area contributed by atoms with Crippen molar-refractivity contribution in [2.45, 2.75) is 26.4 Å². The van der Waals surface area contributed by atoms with Crippen LogP contribution in [0.4, 0.5) is 8.78 Å². The summed E-state index contributed by atoms with van der Waals surface area (Å²) in [6, 6.07) is 3.36. The average molecular weight is 263 g/mol. The van der Waals surface area contributed by atoms with Crippen LogP contribution in [0, 0.1) is 18.6 Å². The molecule has 0 amide bonds. The zero-order chi connectivity index (χ0) is 13.8. The maximum atomic E-state index is 13.6. The lowest BCUT2D eigenvalue weighted by Crippen LogP contribution is -2.20. The highest BCUT2D eigenvalue weighted by Crippen LogP contribution is 2.17. The number of nitrogens with zero attached hydrogens (tertiary/aromatic N) is 2. The summed E-state index contributed by atoms with van der Waals surface area (Å²) < 4.78 is 26.4. The Morgan fingerprint density at radius 1 is 1.21 bits per heavy atom. The third-order valence-electron chi connectivity index (χ3n) is 2.85. The Kier molecular flexibility index (Phi) is 4.16. The van der Waals surface area contributed by atoms with Gasteiger partial charge in [-0.3, -0.25) is 9.97 Å². The summed E-state index contributed by atoms with van der Waals surface area (Å²) in [6.45, 7) is 4.16. The molecule has 1 atom stereocenters. The van der Waals surface area contributed by atoms with Crippen molar-refractivity contribution >= 4 is 0 Å². The molecule has 0 aliphatic rings. The maximum Gasteiger partial charge on any atom is 0.130 e. The monoisotopic (exact) mass is 263 g/mol. The van der Waals surface area contributed by atoms with E-state index in [9.17, 15) is 8.78 Å². The summed E-state index contributed by atoms with van der Waals surface area (Å²) >= 11 is 0. The normalized spacial score (nSPS) is 12.4. The quantitative estimate of drug-likeness (QED) is 0.921. The van der Waals surface area contributed by atoms with Crippen molar-refractivity contribution in [1.82, 2.24) is 15.3 Å². The van der Waals surface area contributed by atoms with Gasteiger partial charge in [-0.25, -0.2) is 8.78 Å². The van der Waals surface area contributed by atoms with Gasteiger partial charge in [-0.1, -0.05) is 6.07 Å². The molecule has 5 heteroatoms. The largest absolute Gasteiger partial charge is 0.304 e. The van der Waals surface area contributed by atoms with Crippen molar-refractivity contribution in [3.05, 3.63) is 59.2 Å². The summed E-state index contributed by atoms with van der Waals surface area (Å²) in [7, 11) is 0. The van der Waals surface area contributed by atoms with Crippen LogP contribution in [-0.2, 0) is 6.54 Å². The van der Waals surface area contributed by atoms with Crippen molar-refractivity contribution in [3.8, 4) is 0 Å². The van der Waals surface area contributed by atoms with Gasteiger partial charge >= 0.3 is 0 Å². The van der Waals surface area contributed by atoms with E-state index in [0.717, 1.165) is 17.5 Å². The topological polar surface area (TPSA) is 37.8 Å². The Labute approximate surface area is 110 Å². The highest BCUT2D eigenvalue weighted by Gasteiger charge is 2.11. The molecule has 0 bridgehead atoms. The van der Waals surface area contributed by atoms with Crippen LogP contribution in [-0.4, -0.2) is 9.97 Å². The first kappa shape index (κ1) is 13.5. The minimum absolute atomic E-state index is 0.233. The van der Waals surface area contributed by atoms with E-state index < -0.39 is 11.6 Å². The molecule has 1 N–H and O–H groups in total. The predicted molar refractivity (Wildman–Crippen MR) is 68.4 cm³/mol. The van der Waals surface area contributed by atoms with Crippen LogP contribution in [0.5, 0.6) is 0 Å². The van der Waals surface area contributed by atoms with Crippen LogP contribution in [0.2, 0.25) is 0 Å². The third-order valence-corrected chi connectivity index (χ3v) is 2.85. The molecule has 1 unspecified atom stereocenters. The van der Waals surface area contributed by atoms with E-state index >= 15 is 0 Å². The molecule has 0 saturated carbocycles. The summed E-state index contributed by atoms with van der Waals surface area (Å²) in [5, 5.41) is 3.13. The SMILES string of the molecule is Cc1cnc(CNC(C)c2ccc(F)cc2F)cn1. The number of benzene rings is 1. The summed E-state index contributed by atoms with van der Waals surface area (Å²) in [5.74, 6) is -1.12. The average Bonchev–Trinajstić information content (AvgIpc) is 2.37. The Morgan fingerprint density at radius 2 is 2.00 bits per heavy atom. The second kappa shape index (κ2) is 5.84. The standard InChI is InChI=1S/C14H15F2N3/c1-9-6-19-12(7-17-9)8-18-10(2)13-4-3-11(15)5-14(13)16/h3-7,10,18H,8H2,1-2H3. The lowest BCUT2D eigenvalue weighted by molar-refractivity contribution is 0.514. The van der Waals surface area contributed by atoms with E-state index in [2.05, 4.69) is 15.3 Å². The first-order valence-corrected chi connectivity index (χ1v) is 6.02. The second-order valence-electron chi connectivity index (χ2n) is 4.42. The first-order chi connectivity index (χ1) is 9.06. The number of halogens is 2. The van der Waals surface area contributed by atoms with Crippen molar-refractivity contribution in [2.75, 3.05) is 0 Å². The number of aromatic nitrogens is 2. The number of hydrogen-bond acceptors (Lipinski definition) is 3. The lowest BCUT2D eigenvalue weighted by Gasteiger charge is -2.14. The molecule has 0 aliphatic heterocycles. The molecular formula is C14H15F2N3. The molecular weight excluding hydrogens is 248 g/mol. The van der Waals surface area contributed by atoms with Crippen LogP contribution in [0.25, 0.3) is 0 Å². The van der Waals surface area contributed by atoms with Gasteiger partial charge in [-0.2, -0.15) is 0 Å². The van der Waals surface area contributed by atoms with Crippen LogP contribution < -0.4 is 5.32 Å². The van der Waals surface area contributed by atoms with E-state index in [-0.39, 0.29) is 6.04 Å². The lowest BCUT2D eigenvalue weighted by atomic mass is 10.1. The number of nitrogens with one attached hydrogen (secondary N) is 1. The Morgan fingerprint density at radius 3 is 2.63 bits per heavy atom. The van der Waals surface area contributed by atoms with Gasteiger partial charge in [0, 0.05) is 36.6 Å². The molecule has 0 radical (unpaired) electrons. The molecule has 0 aliphatic carbocycles. The highest BCUT2D eigenvalue weighted by atomic mass is 19.1. The van der Waals surface area contributed by atoms with Crippen LogP contribution in [0.3, 0.4) is 0 Å². The number of hydrogen-bond donors (Lipinski definition) is 1. The van der Waals surface area contributed by atoms with Crippen molar-refractivity contribution in [1.29, 1.82) is 0 Å². The smallest absolute Gasteiger partial charge is 0.130 e. The van der Waals surface area contributed by atoms with Gasteiger partial charge in [0.25, 0.3) is 0 Å². The molecule has 3 nitrogen and oxygen atoms in total. The molecule has 2 aromatic rings. The van der Waals surface area contributed by atoms with Crippen LogP contribution >= 0.6 is 0 Å². The second-order valence-corrected chi connectivity index (χ2v) is 4.42. The predicted octanol–water partition coefficient (Wildman–Crippen LogP) is 2.91. The van der Waals surface area contributed by atoms with Gasteiger partial charge in [0.2, 0.25) is 0 Å². The van der Waals surface area contributed by atoms with E-state index in [1.54, 1.807) is 12.4 Å². The Bertz CT molecular complexity index is 555. The molecule has 100 valence electrons. The van der Waals surface area contributed by atoms with Crippen molar-refractivity contribution in [3.63, 3.8) is 0 Å². The molecule has 0 fully saturated rings. The van der Waals surface area contributed by atoms with Crippen LogP contribution in [0.15, 0.2) is 30.6 Å². The van der Waals surface area contributed by atoms with E-state index in [1.807, 2.05) is 13.8 Å². The molecule has 0 saturated heterocycles. The van der Waals surface area contributed by atoms with Gasteiger partial charge in [-0.15, -0.1) is 0 Å². The molecule has 0 spiro atoms. The fourth-order valence-corrected chi connectivity index (χ4v) is 1.73. The molecule has 1 aromatic heterocycles. The van der Waals surface area contributed by atoms with E-state index in [0.29, 0.717) is 12.1 Å². The fourth-order valence-electron chi connectivity index (χ4n) is 1.73. The van der Waals surface area contributed by atoms with Gasteiger partial charge < -0.3 is 5.32 Å². The van der Waals surface area contributed by atoms with E-state index in [1.165, 1.54) is 12.1 Å². The summed E-state index contributed by atoms with van der Waals surface area (Å²) in [6.07, 6.45) is 3.36. The van der Waals surface area contributed by atoms with Gasteiger partial charge in [0.15, 0.2) is 0 Å². The molecule has 19 heavy (non-hydrogen) atoms. The third kappa shape index (κ3) is 3.54. The minimum Gasteiger partial charge on any atom is -0.304 e. The Hall–Kier alpha value is -1.88. The zero-order valence-corrected chi connectivity index (χ0v) is 10.8. The van der Waals surface area contributed by atoms with Crippen molar-refractivity contribution < 1.29 is 8.78 Å². The minimum atomic E-state index is -0.571. The molecule has 1 heterocycles. The number of aryl methyl sites for hydroxylation is 1. The Balaban J connectivity index is 2.01. The van der Waals surface area contributed by atoms with Gasteiger partial charge in [-0.05, 0) is 19.9 Å². The molecule has 2 rings (SSSR count).